The predicted octanol–water partition coefficient (Wildman–Crippen LogP) is 2.73. The van der Waals surface area contributed by atoms with Crippen LogP contribution < -0.4 is 0 Å². The van der Waals surface area contributed by atoms with Gasteiger partial charge >= 0.3 is 0 Å². The number of hydrogen-bond donors (Lipinski definition) is 0. The first-order valence-corrected chi connectivity index (χ1v) is 9.19. The van der Waals surface area contributed by atoms with Crippen molar-refractivity contribution in [1.82, 2.24) is 9.80 Å². The summed E-state index contributed by atoms with van der Waals surface area (Å²) in [5, 5.41) is 0. The van der Waals surface area contributed by atoms with Crippen LogP contribution in [0.5, 0.6) is 0 Å². The topological polar surface area (TPSA) is 40.6 Å². The number of amides is 2. The molecule has 0 unspecified atom stereocenters. The van der Waals surface area contributed by atoms with Gasteiger partial charge in [0.2, 0.25) is 11.8 Å². The van der Waals surface area contributed by atoms with E-state index in [1.165, 1.54) is 0 Å². The molecular weight excluding hydrogens is 284 g/mol. The molecule has 2 aliphatic heterocycles. The van der Waals surface area contributed by atoms with E-state index in [0.717, 1.165) is 44.6 Å². The second-order valence-electron chi connectivity index (χ2n) is 6.57. The fraction of sp³-hybridized carbons (Fsp3) is 0.875. The first kappa shape index (κ1) is 16.7. The number of carbonyl (C=O) groups is 2. The maximum atomic E-state index is 12.5. The highest BCUT2D eigenvalue weighted by atomic mass is 32.2. The number of rotatable bonds is 4. The Morgan fingerprint density at radius 1 is 1.14 bits per heavy atom. The molecule has 4 nitrogen and oxygen atoms in total. The third kappa shape index (κ3) is 3.74. The van der Waals surface area contributed by atoms with E-state index >= 15 is 0 Å². The molecule has 0 bridgehead atoms. The minimum Gasteiger partial charge on any atom is -0.342 e. The second kappa shape index (κ2) is 7.03. The zero-order chi connectivity index (χ0) is 15.5. The molecule has 0 aromatic rings. The average molecular weight is 312 g/mol. The van der Waals surface area contributed by atoms with Gasteiger partial charge in [-0.1, -0.05) is 20.8 Å². The molecule has 2 rings (SSSR count). The molecule has 0 N–H and O–H groups in total. The van der Waals surface area contributed by atoms with Crippen molar-refractivity contribution in [3.8, 4) is 0 Å². The molecule has 2 saturated heterocycles. The Morgan fingerprint density at radius 2 is 1.81 bits per heavy atom. The van der Waals surface area contributed by atoms with E-state index in [1.807, 2.05) is 23.6 Å². The van der Waals surface area contributed by atoms with Crippen LogP contribution in [0.3, 0.4) is 0 Å². The molecule has 0 atom stereocenters. The van der Waals surface area contributed by atoms with Gasteiger partial charge in [-0.3, -0.25) is 9.59 Å². The fourth-order valence-corrected chi connectivity index (χ4v) is 4.79. The van der Waals surface area contributed by atoms with Crippen LogP contribution in [0, 0.1) is 5.92 Å². The van der Waals surface area contributed by atoms with Gasteiger partial charge in [0.25, 0.3) is 0 Å². The summed E-state index contributed by atoms with van der Waals surface area (Å²) in [4.78, 5) is 28.5. The lowest BCUT2D eigenvalue weighted by atomic mass is 10.00. The van der Waals surface area contributed by atoms with Gasteiger partial charge in [-0.05, 0) is 25.2 Å². The highest BCUT2D eigenvalue weighted by Crippen LogP contribution is 2.44. The summed E-state index contributed by atoms with van der Waals surface area (Å²) >= 11 is 1.92. The van der Waals surface area contributed by atoms with Gasteiger partial charge in [0.15, 0.2) is 0 Å². The summed E-state index contributed by atoms with van der Waals surface area (Å²) in [6, 6.07) is 0. The maximum absolute atomic E-state index is 12.5. The van der Waals surface area contributed by atoms with Crippen LogP contribution in [0.1, 0.15) is 52.9 Å². The van der Waals surface area contributed by atoms with Gasteiger partial charge in [-0.2, -0.15) is 0 Å². The largest absolute Gasteiger partial charge is 0.342 e. The van der Waals surface area contributed by atoms with Crippen molar-refractivity contribution >= 4 is 23.6 Å². The zero-order valence-electron chi connectivity index (χ0n) is 13.6. The maximum Gasteiger partial charge on any atom is 0.223 e. The second-order valence-corrected chi connectivity index (χ2v) is 8.03. The summed E-state index contributed by atoms with van der Waals surface area (Å²) in [5.74, 6) is 2.01. The quantitative estimate of drug-likeness (QED) is 0.801. The lowest BCUT2D eigenvalue weighted by molar-refractivity contribution is -0.137. The van der Waals surface area contributed by atoms with Gasteiger partial charge in [0.1, 0.15) is 0 Å². The molecule has 0 aromatic carbocycles. The van der Waals surface area contributed by atoms with Crippen molar-refractivity contribution < 1.29 is 9.59 Å². The van der Waals surface area contributed by atoms with Crippen LogP contribution >= 0.6 is 11.8 Å². The van der Waals surface area contributed by atoms with Gasteiger partial charge in [0, 0.05) is 38.2 Å². The van der Waals surface area contributed by atoms with Crippen LogP contribution in [0.4, 0.5) is 0 Å². The number of thioether (sulfide) groups is 1. The molecule has 21 heavy (non-hydrogen) atoms. The Labute approximate surface area is 132 Å². The SMILES string of the molecule is CCCC(=O)N1CCC2(CC1)SCCN2C(=O)CC(C)C. The molecule has 0 radical (unpaired) electrons. The van der Waals surface area contributed by atoms with Crippen molar-refractivity contribution in [3.05, 3.63) is 0 Å². The van der Waals surface area contributed by atoms with Gasteiger partial charge in [-0.15, -0.1) is 11.8 Å². The van der Waals surface area contributed by atoms with Crippen molar-refractivity contribution in [2.75, 3.05) is 25.4 Å². The van der Waals surface area contributed by atoms with Crippen molar-refractivity contribution in [2.45, 2.75) is 57.7 Å². The summed E-state index contributed by atoms with van der Waals surface area (Å²) in [6.45, 7) is 8.72. The minimum absolute atomic E-state index is 0.0328. The molecule has 0 aromatic heterocycles. The first-order chi connectivity index (χ1) is 9.98. The summed E-state index contributed by atoms with van der Waals surface area (Å²) in [7, 11) is 0. The van der Waals surface area contributed by atoms with Crippen LogP contribution in [-0.4, -0.2) is 51.9 Å². The number of carbonyl (C=O) groups excluding carboxylic acids is 2. The molecule has 2 amide bonds. The van der Waals surface area contributed by atoms with Gasteiger partial charge < -0.3 is 9.80 Å². The molecule has 2 fully saturated rings. The fourth-order valence-electron chi connectivity index (χ4n) is 3.31. The van der Waals surface area contributed by atoms with Crippen molar-refractivity contribution in [2.24, 2.45) is 5.92 Å². The number of piperidine rings is 1. The van der Waals surface area contributed by atoms with Crippen molar-refractivity contribution in [1.29, 1.82) is 0 Å². The molecular formula is C16H28N2O2S. The van der Waals surface area contributed by atoms with E-state index in [1.54, 1.807) is 0 Å². The lowest BCUT2D eigenvalue weighted by Crippen LogP contribution is -2.53. The molecule has 2 heterocycles. The number of hydrogen-bond acceptors (Lipinski definition) is 3. The Kier molecular flexibility index (Phi) is 5.58. The van der Waals surface area contributed by atoms with E-state index < -0.39 is 0 Å². The molecule has 0 saturated carbocycles. The standard InChI is InChI=1S/C16H28N2O2S/c1-4-5-14(19)17-8-6-16(7-9-17)18(10-11-21-16)15(20)12-13(2)3/h13H,4-12H2,1-3H3. The Hall–Kier alpha value is -0.710. The van der Waals surface area contributed by atoms with E-state index in [0.29, 0.717) is 24.7 Å². The zero-order valence-corrected chi connectivity index (χ0v) is 14.4. The van der Waals surface area contributed by atoms with Crippen LogP contribution in [0.15, 0.2) is 0 Å². The highest BCUT2D eigenvalue weighted by molar-refractivity contribution is 8.00. The lowest BCUT2D eigenvalue weighted by Gasteiger charge is -2.44. The predicted molar refractivity (Wildman–Crippen MR) is 87.1 cm³/mol. The third-order valence-electron chi connectivity index (χ3n) is 4.42. The monoisotopic (exact) mass is 312 g/mol. The Balaban J connectivity index is 1.97. The average Bonchev–Trinajstić information content (AvgIpc) is 2.82. The van der Waals surface area contributed by atoms with Crippen molar-refractivity contribution in [3.63, 3.8) is 0 Å². The minimum atomic E-state index is -0.0328. The summed E-state index contributed by atoms with van der Waals surface area (Å²) in [5.41, 5.74) is 0. The van der Waals surface area contributed by atoms with Crippen LogP contribution in [0.25, 0.3) is 0 Å². The molecule has 5 heteroatoms. The smallest absolute Gasteiger partial charge is 0.223 e. The van der Waals surface area contributed by atoms with Crippen LogP contribution in [0.2, 0.25) is 0 Å². The first-order valence-electron chi connectivity index (χ1n) is 8.20. The molecule has 120 valence electrons. The summed E-state index contributed by atoms with van der Waals surface area (Å²) in [6.07, 6.45) is 4.05. The Bertz CT molecular complexity index is 390. The van der Waals surface area contributed by atoms with E-state index in [-0.39, 0.29) is 10.8 Å². The molecule has 1 spiro atoms. The van der Waals surface area contributed by atoms with E-state index in [2.05, 4.69) is 18.7 Å². The molecule has 2 aliphatic rings. The molecule has 0 aliphatic carbocycles. The number of likely N-dealkylation sites (tertiary alicyclic amines) is 1. The highest BCUT2D eigenvalue weighted by Gasteiger charge is 2.46. The summed E-state index contributed by atoms with van der Waals surface area (Å²) < 4.78 is 0. The van der Waals surface area contributed by atoms with E-state index in [9.17, 15) is 9.59 Å². The van der Waals surface area contributed by atoms with Gasteiger partial charge in [-0.25, -0.2) is 0 Å². The van der Waals surface area contributed by atoms with Crippen LogP contribution in [-0.2, 0) is 9.59 Å². The van der Waals surface area contributed by atoms with E-state index in [4.69, 9.17) is 0 Å². The van der Waals surface area contributed by atoms with Gasteiger partial charge in [0.05, 0.1) is 4.87 Å². The normalized spacial score (nSPS) is 21.3. The Morgan fingerprint density at radius 3 is 2.38 bits per heavy atom. The number of nitrogens with zero attached hydrogens (tertiary/aromatic N) is 2. The third-order valence-corrected chi connectivity index (χ3v) is 5.98.